The molecule has 0 aromatic rings. The quantitative estimate of drug-likeness (QED) is 0.692. The second-order valence-electron chi connectivity index (χ2n) is 6.82. The van der Waals surface area contributed by atoms with Crippen LogP contribution in [-0.4, -0.2) is 24.8 Å². The number of carbonyl (C=O) groups excluding carboxylic acids is 2. The van der Waals surface area contributed by atoms with Crippen LogP contribution in [-0.2, 0) is 14.3 Å². The Morgan fingerprint density at radius 1 is 0.789 bits per heavy atom. The molecular weight excluding hydrogens is 240 g/mol. The van der Waals surface area contributed by atoms with Gasteiger partial charge in [-0.3, -0.25) is 9.59 Å². The van der Waals surface area contributed by atoms with E-state index in [1.54, 1.807) is 0 Å². The summed E-state index contributed by atoms with van der Waals surface area (Å²) in [5.41, 5.74) is -0.0537. The van der Waals surface area contributed by atoms with E-state index in [1.165, 1.54) is 12.2 Å². The molecule has 0 radical (unpaired) electrons. The molecule has 0 atom stereocenters. The molecule has 0 bridgehead atoms. The Labute approximate surface area is 116 Å². The van der Waals surface area contributed by atoms with Crippen molar-refractivity contribution in [2.24, 2.45) is 10.8 Å². The van der Waals surface area contributed by atoms with E-state index in [-0.39, 0.29) is 35.6 Å². The predicted octanol–water partition coefficient (Wildman–Crippen LogP) is 3.35. The van der Waals surface area contributed by atoms with Gasteiger partial charge in [-0.2, -0.15) is 0 Å². The van der Waals surface area contributed by atoms with Gasteiger partial charge in [-0.05, 0) is 23.0 Å². The third-order valence-electron chi connectivity index (χ3n) is 2.03. The average molecular weight is 266 g/mol. The van der Waals surface area contributed by atoms with Crippen LogP contribution in [0.3, 0.4) is 0 Å². The van der Waals surface area contributed by atoms with Crippen molar-refractivity contribution in [3.63, 3.8) is 0 Å². The van der Waals surface area contributed by atoms with Gasteiger partial charge >= 0.3 is 0 Å². The molecule has 0 aromatic carbocycles. The highest BCUT2D eigenvalue weighted by molar-refractivity contribution is 5.92. The monoisotopic (exact) mass is 266 g/mol. The van der Waals surface area contributed by atoms with E-state index in [1.807, 2.05) is 53.7 Å². The minimum atomic E-state index is -0.123. The second kappa shape index (κ2) is 7.39. The van der Waals surface area contributed by atoms with Crippen molar-refractivity contribution in [3.8, 4) is 0 Å². The molecule has 0 saturated heterocycles. The molecule has 0 rings (SSSR count). The molecular formula is C16H26O3. The lowest BCUT2D eigenvalue weighted by Gasteiger charge is -2.11. The van der Waals surface area contributed by atoms with Gasteiger partial charge < -0.3 is 4.74 Å². The van der Waals surface area contributed by atoms with Gasteiger partial charge in [-0.25, -0.2) is 0 Å². The molecule has 0 heterocycles. The summed E-state index contributed by atoms with van der Waals surface area (Å²) in [6.45, 7) is 12.0. The molecule has 3 nitrogen and oxygen atoms in total. The van der Waals surface area contributed by atoms with Gasteiger partial charge in [0.15, 0.2) is 11.6 Å². The fourth-order valence-corrected chi connectivity index (χ4v) is 1.03. The Morgan fingerprint density at radius 3 is 1.37 bits per heavy atom. The number of ether oxygens (including phenoxy) is 1. The lowest BCUT2D eigenvalue weighted by molar-refractivity contribution is -0.123. The van der Waals surface area contributed by atoms with E-state index in [9.17, 15) is 9.59 Å². The third-order valence-corrected chi connectivity index (χ3v) is 2.03. The smallest absolute Gasteiger partial charge is 0.181 e. The summed E-state index contributed by atoms with van der Waals surface area (Å²) in [7, 11) is 0. The number of hydrogen-bond acceptors (Lipinski definition) is 3. The predicted molar refractivity (Wildman–Crippen MR) is 78.0 cm³/mol. The summed E-state index contributed by atoms with van der Waals surface area (Å²) in [5, 5.41) is 0. The second-order valence-corrected chi connectivity index (χ2v) is 6.82. The number of allylic oxidation sites excluding steroid dienone is 2. The lowest BCUT2D eigenvalue weighted by Crippen LogP contribution is -2.13. The first-order valence-corrected chi connectivity index (χ1v) is 6.51. The minimum absolute atomic E-state index is 0.0269. The van der Waals surface area contributed by atoms with E-state index < -0.39 is 0 Å². The van der Waals surface area contributed by atoms with E-state index in [2.05, 4.69) is 0 Å². The van der Waals surface area contributed by atoms with Crippen molar-refractivity contribution < 1.29 is 14.3 Å². The maximum atomic E-state index is 11.4. The van der Waals surface area contributed by atoms with Gasteiger partial charge in [0.05, 0.1) is 0 Å². The van der Waals surface area contributed by atoms with Crippen LogP contribution in [0.2, 0.25) is 0 Å². The van der Waals surface area contributed by atoms with Gasteiger partial charge in [-0.15, -0.1) is 0 Å². The van der Waals surface area contributed by atoms with Gasteiger partial charge in [0, 0.05) is 0 Å². The molecule has 0 fully saturated rings. The molecule has 0 aliphatic rings. The Bertz CT molecular complexity index is 326. The Morgan fingerprint density at radius 2 is 1.11 bits per heavy atom. The summed E-state index contributed by atoms with van der Waals surface area (Å²) >= 11 is 0. The third kappa shape index (κ3) is 13.0. The highest BCUT2D eigenvalue weighted by atomic mass is 16.5. The highest BCUT2D eigenvalue weighted by Gasteiger charge is 2.07. The molecule has 0 aromatic heterocycles. The molecule has 3 heteroatoms. The van der Waals surface area contributed by atoms with E-state index >= 15 is 0 Å². The molecule has 108 valence electrons. The van der Waals surface area contributed by atoms with Crippen molar-refractivity contribution in [2.75, 3.05) is 13.2 Å². The Kier molecular flexibility index (Phi) is 6.91. The molecule has 0 amide bonds. The van der Waals surface area contributed by atoms with E-state index in [0.29, 0.717) is 0 Å². The summed E-state index contributed by atoms with van der Waals surface area (Å²) < 4.78 is 5.09. The van der Waals surface area contributed by atoms with Crippen LogP contribution < -0.4 is 0 Å². The SMILES string of the molecule is CC(C)(C)C=CC(=O)COCC(=O)C=CC(C)(C)C. The van der Waals surface area contributed by atoms with Crippen LogP contribution in [0.5, 0.6) is 0 Å². The fraction of sp³-hybridized carbons (Fsp3) is 0.625. The van der Waals surface area contributed by atoms with Gasteiger partial charge in [0.25, 0.3) is 0 Å². The molecule has 19 heavy (non-hydrogen) atoms. The van der Waals surface area contributed by atoms with Crippen LogP contribution in [0.1, 0.15) is 41.5 Å². The maximum absolute atomic E-state index is 11.4. The first kappa shape index (κ1) is 17.8. The van der Waals surface area contributed by atoms with Crippen LogP contribution in [0.4, 0.5) is 0 Å². The van der Waals surface area contributed by atoms with Crippen LogP contribution >= 0.6 is 0 Å². The number of ketones is 2. The molecule has 0 saturated carbocycles. The average Bonchev–Trinajstić information content (AvgIpc) is 2.22. The number of hydrogen-bond donors (Lipinski definition) is 0. The molecule has 0 spiro atoms. The van der Waals surface area contributed by atoms with Crippen LogP contribution in [0, 0.1) is 10.8 Å². The zero-order valence-corrected chi connectivity index (χ0v) is 12.9. The fourth-order valence-electron chi connectivity index (χ4n) is 1.03. The summed E-state index contributed by atoms with van der Waals surface area (Å²) in [4.78, 5) is 22.9. The summed E-state index contributed by atoms with van der Waals surface area (Å²) in [6, 6.07) is 0. The molecule has 0 N–H and O–H groups in total. The molecule has 0 unspecified atom stereocenters. The first-order valence-electron chi connectivity index (χ1n) is 6.51. The normalized spacial score (nSPS) is 13.4. The van der Waals surface area contributed by atoms with Gasteiger partial charge in [0.1, 0.15) is 13.2 Å². The summed E-state index contributed by atoms with van der Waals surface area (Å²) in [6.07, 6.45) is 6.69. The molecule has 0 aliphatic carbocycles. The Hall–Kier alpha value is -1.22. The van der Waals surface area contributed by atoms with Crippen molar-refractivity contribution in [1.82, 2.24) is 0 Å². The van der Waals surface area contributed by atoms with Gasteiger partial charge in [0.2, 0.25) is 0 Å². The zero-order chi connectivity index (χ0) is 15.1. The van der Waals surface area contributed by atoms with E-state index in [0.717, 1.165) is 0 Å². The Balaban J connectivity index is 3.99. The maximum Gasteiger partial charge on any atom is 0.181 e. The highest BCUT2D eigenvalue weighted by Crippen LogP contribution is 2.14. The minimum Gasteiger partial charge on any atom is -0.365 e. The lowest BCUT2D eigenvalue weighted by atomic mass is 9.96. The van der Waals surface area contributed by atoms with Crippen molar-refractivity contribution in [3.05, 3.63) is 24.3 Å². The largest absolute Gasteiger partial charge is 0.365 e. The van der Waals surface area contributed by atoms with Crippen molar-refractivity contribution in [2.45, 2.75) is 41.5 Å². The zero-order valence-electron chi connectivity index (χ0n) is 12.9. The van der Waals surface area contributed by atoms with Crippen molar-refractivity contribution in [1.29, 1.82) is 0 Å². The first-order chi connectivity index (χ1) is 8.49. The van der Waals surface area contributed by atoms with Crippen LogP contribution in [0.25, 0.3) is 0 Å². The van der Waals surface area contributed by atoms with Crippen LogP contribution in [0.15, 0.2) is 24.3 Å². The molecule has 0 aliphatic heterocycles. The standard InChI is InChI=1S/C16H26O3/c1-15(2,3)9-7-13(17)11-19-12-14(18)8-10-16(4,5)6/h7-10H,11-12H2,1-6H3. The summed E-state index contributed by atoms with van der Waals surface area (Å²) in [5.74, 6) is -0.245. The number of carbonyl (C=O) groups is 2. The van der Waals surface area contributed by atoms with Gasteiger partial charge in [-0.1, -0.05) is 53.7 Å². The van der Waals surface area contributed by atoms with E-state index in [4.69, 9.17) is 4.74 Å². The topological polar surface area (TPSA) is 43.4 Å². The number of rotatable bonds is 6. The van der Waals surface area contributed by atoms with Crippen molar-refractivity contribution >= 4 is 11.6 Å².